The highest BCUT2D eigenvalue weighted by molar-refractivity contribution is 7.80. The van der Waals surface area contributed by atoms with E-state index in [0.29, 0.717) is 5.11 Å². The molecule has 14 heavy (non-hydrogen) atoms. The molecule has 0 aromatic carbocycles. The Bertz CT molecular complexity index is 308. The third-order valence-corrected chi connectivity index (χ3v) is 2.41. The predicted octanol–water partition coefficient (Wildman–Crippen LogP) is 1.78. The van der Waals surface area contributed by atoms with E-state index in [9.17, 15) is 0 Å². The van der Waals surface area contributed by atoms with Gasteiger partial charge in [0.25, 0.3) is 0 Å². The highest BCUT2D eigenvalue weighted by atomic mass is 32.1. The van der Waals surface area contributed by atoms with Crippen LogP contribution >= 0.6 is 12.2 Å². The predicted molar refractivity (Wildman–Crippen MR) is 61.2 cm³/mol. The summed E-state index contributed by atoms with van der Waals surface area (Å²) in [6.07, 6.45) is 6.17. The van der Waals surface area contributed by atoms with Crippen LogP contribution in [0.1, 0.15) is 12.8 Å². The smallest absolute Gasteiger partial charge is 0.170 e. The molecule has 1 aliphatic rings. The van der Waals surface area contributed by atoms with Crippen molar-refractivity contribution in [1.29, 1.82) is 0 Å². The first-order chi connectivity index (χ1) is 6.84. The number of nitrogens with one attached hydrogen (secondary N) is 2. The lowest BCUT2D eigenvalue weighted by molar-refractivity contribution is 0.777. The van der Waals surface area contributed by atoms with Crippen molar-refractivity contribution in [1.82, 2.24) is 10.3 Å². The van der Waals surface area contributed by atoms with Crippen molar-refractivity contribution in [2.45, 2.75) is 12.8 Å². The molecule has 0 unspecified atom stereocenters. The van der Waals surface area contributed by atoms with E-state index in [1.807, 2.05) is 12.1 Å². The van der Waals surface area contributed by atoms with E-state index in [1.54, 1.807) is 12.4 Å². The van der Waals surface area contributed by atoms with Crippen molar-refractivity contribution < 1.29 is 0 Å². The Morgan fingerprint density at radius 2 is 2.43 bits per heavy atom. The number of anilines is 1. The maximum absolute atomic E-state index is 5.13. The molecule has 3 nitrogen and oxygen atoms in total. The average molecular weight is 207 g/mol. The minimum absolute atomic E-state index is 0.685. The molecule has 1 heterocycles. The summed E-state index contributed by atoms with van der Waals surface area (Å²) in [6.45, 7) is 0.992. The fraction of sp³-hybridized carbons (Fsp3) is 0.400. The molecule has 1 aromatic rings. The lowest BCUT2D eigenvalue weighted by atomic mass is 10.4. The molecule has 1 aliphatic carbocycles. The summed E-state index contributed by atoms with van der Waals surface area (Å²) >= 11 is 5.13. The van der Waals surface area contributed by atoms with Crippen LogP contribution in [0.2, 0.25) is 0 Å². The van der Waals surface area contributed by atoms with Crippen LogP contribution in [0, 0.1) is 5.92 Å². The normalized spacial score (nSPS) is 14.9. The van der Waals surface area contributed by atoms with Gasteiger partial charge in [-0.05, 0) is 43.1 Å². The Morgan fingerprint density at radius 3 is 3.07 bits per heavy atom. The molecule has 0 spiro atoms. The van der Waals surface area contributed by atoms with Gasteiger partial charge in [-0.2, -0.15) is 0 Å². The van der Waals surface area contributed by atoms with E-state index in [1.165, 1.54) is 12.8 Å². The van der Waals surface area contributed by atoms with Gasteiger partial charge in [0.2, 0.25) is 0 Å². The summed E-state index contributed by atoms with van der Waals surface area (Å²) in [4.78, 5) is 4.00. The molecule has 0 bridgehead atoms. The molecule has 0 atom stereocenters. The van der Waals surface area contributed by atoms with Crippen LogP contribution in [0.15, 0.2) is 24.5 Å². The summed E-state index contributed by atoms with van der Waals surface area (Å²) in [5, 5.41) is 6.95. The molecule has 1 fully saturated rings. The van der Waals surface area contributed by atoms with Crippen LogP contribution < -0.4 is 10.6 Å². The summed E-state index contributed by atoms with van der Waals surface area (Å²) < 4.78 is 0. The third-order valence-electron chi connectivity index (χ3n) is 2.17. The topological polar surface area (TPSA) is 37.0 Å². The van der Waals surface area contributed by atoms with Crippen LogP contribution in [-0.4, -0.2) is 16.6 Å². The van der Waals surface area contributed by atoms with Gasteiger partial charge in [0.15, 0.2) is 5.11 Å². The number of hydrogen-bond acceptors (Lipinski definition) is 2. The van der Waals surface area contributed by atoms with Crippen molar-refractivity contribution in [2.75, 3.05) is 11.9 Å². The van der Waals surface area contributed by atoms with Crippen molar-refractivity contribution in [2.24, 2.45) is 5.92 Å². The molecule has 0 saturated heterocycles. The number of nitrogens with zero attached hydrogens (tertiary/aromatic N) is 1. The van der Waals surface area contributed by atoms with Crippen LogP contribution in [0.25, 0.3) is 0 Å². The Balaban J connectivity index is 1.76. The van der Waals surface area contributed by atoms with Gasteiger partial charge in [-0.1, -0.05) is 0 Å². The molecular weight excluding hydrogens is 194 g/mol. The first-order valence-electron chi connectivity index (χ1n) is 4.79. The molecule has 1 saturated carbocycles. The van der Waals surface area contributed by atoms with Crippen molar-refractivity contribution >= 4 is 23.0 Å². The van der Waals surface area contributed by atoms with E-state index >= 15 is 0 Å². The quantitative estimate of drug-likeness (QED) is 0.741. The van der Waals surface area contributed by atoms with E-state index in [-0.39, 0.29) is 0 Å². The second kappa shape index (κ2) is 4.37. The van der Waals surface area contributed by atoms with Crippen molar-refractivity contribution in [3.63, 3.8) is 0 Å². The SMILES string of the molecule is S=C(NCC1CC1)Nc1cccnc1. The van der Waals surface area contributed by atoms with Gasteiger partial charge >= 0.3 is 0 Å². The second-order valence-corrected chi connectivity index (χ2v) is 3.93. The second-order valence-electron chi connectivity index (χ2n) is 3.52. The zero-order valence-corrected chi connectivity index (χ0v) is 8.68. The van der Waals surface area contributed by atoms with Crippen LogP contribution in [-0.2, 0) is 0 Å². The summed E-state index contributed by atoms with van der Waals surface area (Å²) in [7, 11) is 0. The number of hydrogen-bond donors (Lipinski definition) is 2. The molecule has 0 radical (unpaired) electrons. The van der Waals surface area contributed by atoms with E-state index in [2.05, 4.69) is 15.6 Å². The number of thiocarbonyl (C=S) groups is 1. The van der Waals surface area contributed by atoms with Crippen molar-refractivity contribution in [3.05, 3.63) is 24.5 Å². The summed E-state index contributed by atoms with van der Waals surface area (Å²) in [6, 6.07) is 3.82. The summed E-state index contributed by atoms with van der Waals surface area (Å²) in [5.74, 6) is 0.837. The van der Waals surface area contributed by atoms with Gasteiger partial charge in [-0.3, -0.25) is 4.98 Å². The van der Waals surface area contributed by atoms with Gasteiger partial charge < -0.3 is 10.6 Å². The van der Waals surface area contributed by atoms with Gasteiger partial charge in [0.1, 0.15) is 0 Å². The number of pyridine rings is 1. The van der Waals surface area contributed by atoms with E-state index < -0.39 is 0 Å². The van der Waals surface area contributed by atoms with Gasteiger partial charge in [-0.25, -0.2) is 0 Å². The van der Waals surface area contributed by atoms with Crippen LogP contribution in [0.4, 0.5) is 5.69 Å². The molecule has 2 rings (SSSR count). The first kappa shape index (κ1) is 9.40. The lowest BCUT2D eigenvalue weighted by Gasteiger charge is -2.08. The van der Waals surface area contributed by atoms with Crippen LogP contribution in [0.5, 0.6) is 0 Å². The summed E-state index contributed by atoms with van der Waals surface area (Å²) in [5.41, 5.74) is 0.931. The Morgan fingerprint density at radius 1 is 1.57 bits per heavy atom. The zero-order chi connectivity index (χ0) is 9.80. The fourth-order valence-corrected chi connectivity index (χ4v) is 1.37. The monoisotopic (exact) mass is 207 g/mol. The highest BCUT2D eigenvalue weighted by Crippen LogP contribution is 2.27. The average Bonchev–Trinajstić information content (AvgIpc) is 3.00. The molecule has 0 aliphatic heterocycles. The van der Waals surface area contributed by atoms with E-state index in [0.717, 1.165) is 18.2 Å². The van der Waals surface area contributed by atoms with E-state index in [4.69, 9.17) is 12.2 Å². The first-order valence-corrected chi connectivity index (χ1v) is 5.20. The highest BCUT2D eigenvalue weighted by Gasteiger charge is 2.20. The molecular formula is C10H13N3S. The van der Waals surface area contributed by atoms with Crippen LogP contribution in [0.3, 0.4) is 0 Å². The largest absolute Gasteiger partial charge is 0.362 e. The Kier molecular flexibility index (Phi) is 2.93. The molecule has 4 heteroatoms. The minimum atomic E-state index is 0.685. The fourth-order valence-electron chi connectivity index (χ4n) is 1.17. The maximum Gasteiger partial charge on any atom is 0.170 e. The van der Waals surface area contributed by atoms with Crippen molar-refractivity contribution in [3.8, 4) is 0 Å². The maximum atomic E-state index is 5.13. The van der Waals surface area contributed by atoms with Gasteiger partial charge in [0.05, 0.1) is 11.9 Å². The minimum Gasteiger partial charge on any atom is -0.362 e. The lowest BCUT2D eigenvalue weighted by Crippen LogP contribution is -2.30. The molecule has 74 valence electrons. The molecule has 0 amide bonds. The number of aromatic nitrogens is 1. The van der Waals surface area contributed by atoms with Gasteiger partial charge in [0, 0.05) is 12.7 Å². The molecule has 2 N–H and O–H groups in total. The number of rotatable bonds is 3. The third kappa shape index (κ3) is 2.96. The molecule has 1 aromatic heterocycles. The Labute approximate surface area is 88.9 Å². The standard InChI is InChI=1S/C10H13N3S/c14-10(12-6-8-3-4-8)13-9-2-1-5-11-7-9/h1-2,5,7-8H,3-4,6H2,(H2,12,13,14). The zero-order valence-electron chi connectivity index (χ0n) is 7.86. The Hall–Kier alpha value is -1.16. The van der Waals surface area contributed by atoms with Gasteiger partial charge in [-0.15, -0.1) is 0 Å².